The average molecular weight is 232 g/mol. The Morgan fingerprint density at radius 3 is 2.71 bits per heavy atom. The molecular formula is C12H12N2O3. The lowest BCUT2D eigenvalue weighted by Crippen LogP contribution is -2.06. The Balaban J connectivity index is 2.41. The molecule has 17 heavy (non-hydrogen) atoms. The molecule has 0 aliphatic heterocycles. The maximum absolute atomic E-state index is 10.6. The van der Waals surface area contributed by atoms with E-state index in [0.29, 0.717) is 17.3 Å². The number of carbonyl (C=O) groups is 1. The van der Waals surface area contributed by atoms with Crippen molar-refractivity contribution >= 4 is 5.97 Å². The molecule has 0 amide bonds. The van der Waals surface area contributed by atoms with E-state index in [1.54, 1.807) is 13.0 Å². The largest absolute Gasteiger partial charge is 0.481 e. The second-order valence-corrected chi connectivity index (χ2v) is 3.79. The van der Waals surface area contributed by atoms with Crippen molar-refractivity contribution in [3.8, 4) is 11.5 Å². The Morgan fingerprint density at radius 2 is 2.12 bits per heavy atom. The van der Waals surface area contributed by atoms with E-state index in [9.17, 15) is 4.79 Å². The first kappa shape index (κ1) is 11.3. The number of aryl methyl sites for hydroxylation is 2. The van der Waals surface area contributed by atoms with Gasteiger partial charge in [0.1, 0.15) is 23.7 Å². The molecule has 0 atom stereocenters. The highest BCUT2D eigenvalue weighted by Gasteiger charge is 2.10. The van der Waals surface area contributed by atoms with Crippen LogP contribution in [0.1, 0.15) is 17.3 Å². The molecule has 0 aliphatic rings. The fourth-order valence-corrected chi connectivity index (χ4v) is 1.54. The monoisotopic (exact) mass is 232 g/mol. The molecule has 0 fully saturated rings. The minimum atomic E-state index is -0.947. The van der Waals surface area contributed by atoms with Gasteiger partial charge < -0.3 is 9.52 Å². The minimum absolute atomic E-state index is 0.186. The number of carboxylic acids is 1. The molecule has 0 aliphatic carbocycles. The van der Waals surface area contributed by atoms with Crippen molar-refractivity contribution < 1.29 is 14.3 Å². The topological polar surface area (TPSA) is 76.2 Å². The van der Waals surface area contributed by atoms with Gasteiger partial charge in [-0.2, -0.15) is 0 Å². The Bertz CT molecular complexity index is 561. The van der Waals surface area contributed by atoms with Gasteiger partial charge in [0.2, 0.25) is 0 Å². The normalized spacial score (nSPS) is 10.5. The van der Waals surface area contributed by atoms with E-state index in [4.69, 9.17) is 9.52 Å². The molecule has 0 bridgehead atoms. The van der Waals surface area contributed by atoms with Crippen LogP contribution in [-0.4, -0.2) is 21.0 Å². The summed E-state index contributed by atoms with van der Waals surface area (Å²) in [5.41, 5.74) is 1.34. The van der Waals surface area contributed by atoms with Crippen molar-refractivity contribution in [2.75, 3.05) is 0 Å². The van der Waals surface area contributed by atoms with E-state index < -0.39 is 5.97 Å². The van der Waals surface area contributed by atoms with Gasteiger partial charge in [0, 0.05) is 5.69 Å². The Hall–Kier alpha value is -2.17. The summed E-state index contributed by atoms with van der Waals surface area (Å²) in [6, 6.07) is 5.41. The van der Waals surface area contributed by atoms with Crippen LogP contribution in [0.2, 0.25) is 0 Å². The van der Waals surface area contributed by atoms with Crippen molar-refractivity contribution in [1.82, 2.24) is 9.97 Å². The third-order valence-electron chi connectivity index (χ3n) is 2.20. The standard InChI is InChI=1S/C12H12N2O3/c1-7-5-9(10-4-3-8(2)17-10)14-11(13-7)6-12(15)16/h3-5H,6H2,1-2H3,(H,15,16). The van der Waals surface area contributed by atoms with Crippen LogP contribution in [0, 0.1) is 13.8 Å². The minimum Gasteiger partial charge on any atom is -0.481 e. The lowest BCUT2D eigenvalue weighted by Gasteiger charge is -2.02. The zero-order valence-electron chi connectivity index (χ0n) is 9.60. The van der Waals surface area contributed by atoms with E-state index in [-0.39, 0.29) is 6.42 Å². The van der Waals surface area contributed by atoms with Crippen molar-refractivity contribution in [2.45, 2.75) is 20.3 Å². The molecule has 1 N–H and O–H groups in total. The predicted octanol–water partition coefficient (Wildman–Crippen LogP) is 1.98. The molecule has 0 saturated carbocycles. The molecular weight excluding hydrogens is 220 g/mol. The fourth-order valence-electron chi connectivity index (χ4n) is 1.54. The molecule has 0 unspecified atom stereocenters. The number of carboxylic acid groups (broad SMARTS) is 1. The molecule has 88 valence electrons. The number of aliphatic carboxylic acids is 1. The van der Waals surface area contributed by atoms with E-state index in [1.165, 1.54) is 0 Å². The zero-order chi connectivity index (χ0) is 12.4. The van der Waals surface area contributed by atoms with E-state index in [2.05, 4.69) is 9.97 Å². The Morgan fingerprint density at radius 1 is 1.35 bits per heavy atom. The maximum atomic E-state index is 10.6. The Kier molecular flexibility index (Phi) is 2.91. The number of nitrogens with zero attached hydrogens (tertiary/aromatic N) is 2. The van der Waals surface area contributed by atoms with Gasteiger partial charge in [-0.15, -0.1) is 0 Å². The first-order valence-corrected chi connectivity index (χ1v) is 5.18. The molecule has 2 rings (SSSR count). The number of aromatic nitrogens is 2. The second-order valence-electron chi connectivity index (χ2n) is 3.79. The number of hydrogen-bond acceptors (Lipinski definition) is 4. The molecule has 5 nitrogen and oxygen atoms in total. The summed E-state index contributed by atoms with van der Waals surface area (Å²) in [6.45, 7) is 3.64. The van der Waals surface area contributed by atoms with Crippen molar-refractivity contribution in [2.24, 2.45) is 0 Å². The van der Waals surface area contributed by atoms with Crippen molar-refractivity contribution in [3.63, 3.8) is 0 Å². The van der Waals surface area contributed by atoms with E-state index in [1.807, 2.05) is 19.1 Å². The third kappa shape index (κ3) is 2.69. The van der Waals surface area contributed by atoms with Crippen LogP contribution in [0.5, 0.6) is 0 Å². The van der Waals surface area contributed by atoms with Crippen LogP contribution in [0.15, 0.2) is 22.6 Å². The first-order chi connectivity index (χ1) is 8.04. The van der Waals surface area contributed by atoms with E-state index in [0.717, 1.165) is 11.5 Å². The second kappa shape index (κ2) is 4.37. The molecule has 2 aromatic rings. The summed E-state index contributed by atoms with van der Waals surface area (Å²) < 4.78 is 5.45. The maximum Gasteiger partial charge on any atom is 0.311 e. The fraction of sp³-hybridized carbons (Fsp3) is 0.250. The summed E-state index contributed by atoms with van der Waals surface area (Å²) >= 11 is 0. The van der Waals surface area contributed by atoms with Crippen LogP contribution in [0.3, 0.4) is 0 Å². The van der Waals surface area contributed by atoms with Gasteiger partial charge in [0.05, 0.1) is 0 Å². The van der Waals surface area contributed by atoms with Gasteiger partial charge in [0.25, 0.3) is 0 Å². The van der Waals surface area contributed by atoms with Gasteiger partial charge in [-0.3, -0.25) is 4.79 Å². The molecule has 2 heterocycles. The van der Waals surface area contributed by atoms with Gasteiger partial charge in [-0.25, -0.2) is 9.97 Å². The highest BCUT2D eigenvalue weighted by atomic mass is 16.4. The average Bonchev–Trinajstić information content (AvgIpc) is 2.62. The number of furan rings is 1. The van der Waals surface area contributed by atoms with Crippen molar-refractivity contribution in [3.05, 3.63) is 35.5 Å². The smallest absolute Gasteiger partial charge is 0.311 e. The van der Waals surface area contributed by atoms with Crippen molar-refractivity contribution in [1.29, 1.82) is 0 Å². The summed E-state index contributed by atoms with van der Waals surface area (Å²) in [5.74, 6) is 0.759. The molecule has 0 saturated heterocycles. The molecule has 0 spiro atoms. The van der Waals surface area contributed by atoms with Gasteiger partial charge >= 0.3 is 5.97 Å². The Labute approximate surface area is 98.1 Å². The van der Waals surface area contributed by atoms with Crippen LogP contribution in [0.4, 0.5) is 0 Å². The van der Waals surface area contributed by atoms with Crippen LogP contribution in [0.25, 0.3) is 11.5 Å². The van der Waals surface area contributed by atoms with Crippen LogP contribution >= 0.6 is 0 Å². The van der Waals surface area contributed by atoms with Gasteiger partial charge in [0.15, 0.2) is 5.76 Å². The molecule has 0 radical (unpaired) electrons. The molecule has 5 heteroatoms. The summed E-state index contributed by atoms with van der Waals surface area (Å²) in [7, 11) is 0. The van der Waals surface area contributed by atoms with Gasteiger partial charge in [-0.05, 0) is 32.0 Å². The zero-order valence-corrected chi connectivity index (χ0v) is 9.60. The number of hydrogen-bond donors (Lipinski definition) is 1. The van der Waals surface area contributed by atoms with E-state index >= 15 is 0 Å². The molecule has 0 aromatic carbocycles. The summed E-state index contributed by atoms with van der Waals surface area (Å²) in [5, 5.41) is 8.72. The lowest BCUT2D eigenvalue weighted by molar-refractivity contribution is -0.136. The van der Waals surface area contributed by atoms with Crippen LogP contribution < -0.4 is 0 Å². The number of rotatable bonds is 3. The highest BCUT2D eigenvalue weighted by molar-refractivity contribution is 5.69. The van der Waals surface area contributed by atoms with Crippen LogP contribution in [-0.2, 0) is 11.2 Å². The first-order valence-electron chi connectivity index (χ1n) is 5.18. The quantitative estimate of drug-likeness (QED) is 0.875. The summed E-state index contributed by atoms with van der Waals surface area (Å²) in [6.07, 6.45) is -0.186. The summed E-state index contributed by atoms with van der Waals surface area (Å²) in [4.78, 5) is 18.9. The predicted molar refractivity (Wildman–Crippen MR) is 60.5 cm³/mol. The lowest BCUT2D eigenvalue weighted by atomic mass is 10.2. The third-order valence-corrected chi connectivity index (χ3v) is 2.20. The highest BCUT2D eigenvalue weighted by Crippen LogP contribution is 2.20. The molecule has 2 aromatic heterocycles. The van der Waals surface area contributed by atoms with Gasteiger partial charge in [-0.1, -0.05) is 0 Å². The SMILES string of the molecule is Cc1cc(-c2ccc(C)o2)nc(CC(=O)O)n1.